The maximum Gasteiger partial charge on any atom is 0.309 e. The highest BCUT2D eigenvalue weighted by atomic mass is 16.5. The summed E-state index contributed by atoms with van der Waals surface area (Å²) >= 11 is 0. The van der Waals surface area contributed by atoms with E-state index in [0.717, 1.165) is 19.5 Å². The number of likely N-dealkylation sites (tertiary alicyclic amines) is 1. The van der Waals surface area contributed by atoms with Gasteiger partial charge in [0.25, 0.3) is 0 Å². The van der Waals surface area contributed by atoms with Gasteiger partial charge in [0.05, 0.1) is 13.0 Å². The number of methoxy groups -OCH3 is 1. The Morgan fingerprint density at radius 3 is 2.76 bits per heavy atom. The Hall–Kier alpha value is -0.610. The molecule has 0 radical (unpaired) electrons. The first-order valence-corrected chi connectivity index (χ1v) is 6.65. The number of hydrogen-bond donors (Lipinski definition) is 1. The summed E-state index contributed by atoms with van der Waals surface area (Å²) in [5, 5.41) is 0. The molecular formula is C13H26N2O2. The van der Waals surface area contributed by atoms with Crippen LogP contribution < -0.4 is 5.73 Å². The third-order valence-corrected chi connectivity index (χ3v) is 3.99. The number of piperidine rings is 1. The Kier molecular flexibility index (Phi) is 5.92. The molecule has 0 saturated carbocycles. The van der Waals surface area contributed by atoms with Gasteiger partial charge in [0.15, 0.2) is 0 Å². The molecule has 4 heteroatoms. The average Bonchev–Trinajstić information content (AvgIpc) is 2.37. The quantitative estimate of drug-likeness (QED) is 0.740. The molecule has 0 aliphatic carbocycles. The van der Waals surface area contributed by atoms with Gasteiger partial charge in [-0.2, -0.15) is 0 Å². The molecule has 1 heterocycles. The molecule has 0 bridgehead atoms. The molecule has 0 spiro atoms. The maximum absolute atomic E-state index is 11.6. The van der Waals surface area contributed by atoms with Crippen LogP contribution in [0.5, 0.6) is 0 Å². The Morgan fingerprint density at radius 2 is 2.18 bits per heavy atom. The molecule has 0 amide bonds. The Labute approximate surface area is 104 Å². The van der Waals surface area contributed by atoms with Gasteiger partial charge in [0.1, 0.15) is 0 Å². The van der Waals surface area contributed by atoms with E-state index in [1.807, 2.05) is 6.92 Å². The molecule has 4 nitrogen and oxygen atoms in total. The highest BCUT2D eigenvalue weighted by Gasteiger charge is 2.31. The van der Waals surface area contributed by atoms with E-state index in [2.05, 4.69) is 11.8 Å². The highest BCUT2D eigenvalue weighted by Crippen LogP contribution is 2.25. The van der Waals surface area contributed by atoms with Gasteiger partial charge in [-0.3, -0.25) is 9.69 Å². The SMILES string of the molecule is COC(=O)C(C)C(C)N1CCCCC1CCN. The van der Waals surface area contributed by atoms with Crippen molar-refractivity contribution in [3.63, 3.8) is 0 Å². The van der Waals surface area contributed by atoms with Gasteiger partial charge in [0.2, 0.25) is 0 Å². The number of rotatable bonds is 5. The van der Waals surface area contributed by atoms with Crippen LogP contribution in [0.15, 0.2) is 0 Å². The van der Waals surface area contributed by atoms with Gasteiger partial charge in [-0.1, -0.05) is 13.3 Å². The zero-order valence-electron chi connectivity index (χ0n) is 11.3. The van der Waals surface area contributed by atoms with Crippen molar-refractivity contribution >= 4 is 5.97 Å². The molecule has 0 aromatic heterocycles. The van der Waals surface area contributed by atoms with Gasteiger partial charge in [-0.25, -0.2) is 0 Å². The first kappa shape index (κ1) is 14.5. The predicted octanol–water partition coefficient (Wildman–Crippen LogP) is 1.39. The van der Waals surface area contributed by atoms with Crippen molar-refractivity contribution in [3.05, 3.63) is 0 Å². The van der Waals surface area contributed by atoms with E-state index in [1.165, 1.54) is 26.4 Å². The average molecular weight is 242 g/mol. The Morgan fingerprint density at radius 1 is 1.47 bits per heavy atom. The van der Waals surface area contributed by atoms with E-state index in [0.29, 0.717) is 6.04 Å². The number of ether oxygens (including phenoxy) is 1. The van der Waals surface area contributed by atoms with Crippen molar-refractivity contribution in [3.8, 4) is 0 Å². The number of carbonyl (C=O) groups excluding carboxylic acids is 1. The fourth-order valence-corrected chi connectivity index (χ4v) is 2.73. The number of nitrogens with zero attached hydrogens (tertiary/aromatic N) is 1. The van der Waals surface area contributed by atoms with Crippen molar-refractivity contribution in [2.45, 2.75) is 51.6 Å². The standard InChI is InChI=1S/C13H26N2O2/c1-10(13(16)17-3)11(2)15-9-5-4-6-12(15)7-8-14/h10-12H,4-9,14H2,1-3H3. The Balaban J connectivity index is 2.63. The summed E-state index contributed by atoms with van der Waals surface area (Å²) in [7, 11) is 1.46. The lowest BCUT2D eigenvalue weighted by atomic mass is 9.93. The summed E-state index contributed by atoms with van der Waals surface area (Å²) in [6.07, 6.45) is 4.73. The fraction of sp³-hybridized carbons (Fsp3) is 0.923. The molecule has 1 fully saturated rings. The van der Waals surface area contributed by atoms with Crippen molar-refractivity contribution < 1.29 is 9.53 Å². The molecule has 1 aliphatic rings. The van der Waals surface area contributed by atoms with E-state index >= 15 is 0 Å². The van der Waals surface area contributed by atoms with Crippen LogP contribution in [-0.4, -0.2) is 43.2 Å². The van der Waals surface area contributed by atoms with Crippen LogP contribution in [0.4, 0.5) is 0 Å². The van der Waals surface area contributed by atoms with Gasteiger partial charge < -0.3 is 10.5 Å². The predicted molar refractivity (Wildman–Crippen MR) is 68.7 cm³/mol. The number of carbonyl (C=O) groups is 1. The Bertz CT molecular complexity index is 244. The van der Waals surface area contributed by atoms with Crippen molar-refractivity contribution in [2.24, 2.45) is 11.7 Å². The van der Waals surface area contributed by atoms with E-state index in [4.69, 9.17) is 10.5 Å². The van der Waals surface area contributed by atoms with E-state index in [-0.39, 0.29) is 17.9 Å². The van der Waals surface area contributed by atoms with Gasteiger partial charge in [-0.05, 0) is 39.3 Å². The minimum atomic E-state index is -0.116. The topological polar surface area (TPSA) is 55.6 Å². The van der Waals surface area contributed by atoms with Crippen LogP contribution >= 0.6 is 0 Å². The van der Waals surface area contributed by atoms with Crippen molar-refractivity contribution in [1.29, 1.82) is 0 Å². The zero-order chi connectivity index (χ0) is 12.8. The number of hydrogen-bond acceptors (Lipinski definition) is 4. The van der Waals surface area contributed by atoms with Crippen molar-refractivity contribution in [2.75, 3.05) is 20.2 Å². The van der Waals surface area contributed by atoms with Crippen molar-refractivity contribution in [1.82, 2.24) is 4.90 Å². The largest absolute Gasteiger partial charge is 0.469 e. The summed E-state index contributed by atoms with van der Waals surface area (Å²) in [5.74, 6) is -0.187. The molecular weight excluding hydrogens is 216 g/mol. The number of esters is 1. The molecule has 17 heavy (non-hydrogen) atoms. The maximum atomic E-state index is 11.6. The van der Waals surface area contributed by atoms with Gasteiger partial charge in [0, 0.05) is 12.1 Å². The molecule has 100 valence electrons. The fourth-order valence-electron chi connectivity index (χ4n) is 2.73. The normalized spacial score (nSPS) is 25.3. The lowest BCUT2D eigenvalue weighted by Crippen LogP contribution is -2.49. The summed E-state index contributed by atoms with van der Waals surface area (Å²) < 4.78 is 4.83. The van der Waals surface area contributed by atoms with E-state index in [1.54, 1.807) is 0 Å². The molecule has 1 saturated heterocycles. The van der Waals surface area contributed by atoms with Crippen LogP contribution in [0.1, 0.15) is 39.5 Å². The lowest BCUT2D eigenvalue weighted by molar-refractivity contribution is -0.147. The molecule has 0 aromatic rings. The van der Waals surface area contributed by atoms with E-state index < -0.39 is 0 Å². The minimum absolute atomic E-state index is 0.0709. The first-order chi connectivity index (χ1) is 8.11. The molecule has 1 rings (SSSR count). The zero-order valence-corrected chi connectivity index (χ0v) is 11.3. The second-order valence-electron chi connectivity index (χ2n) is 5.02. The molecule has 3 unspecified atom stereocenters. The summed E-state index contributed by atoms with van der Waals surface area (Å²) in [6, 6.07) is 0.773. The monoisotopic (exact) mass is 242 g/mol. The minimum Gasteiger partial charge on any atom is -0.469 e. The second-order valence-corrected chi connectivity index (χ2v) is 5.02. The smallest absolute Gasteiger partial charge is 0.309 e. The van der Waals surface area contributed by atoms with Gasteiger partial charge >= 0.3 is 5.97 Å². The third kappa shape index (κ3) is 3.68. The molecule has 2 N–H and O–H groups in total. The highest BCUT2D eigenvalue weighted by molar-refractivity contribution is 5.72. The van der Waals surface area contributed by atoms with Crippen LogP contribution in [0, 0.1) is 5.92 Å². The van der Waals surface area contributed by atoms with Crippen LogP contribution in [0.25, 0.3) is 0 Å². The van der Waals surface area contributed by atoms with Gasteiger partial charge in [-0.15, -0.1) is 0 Å². The summed E-state index contributed by atoms with van der Waals surface area (Å²) in [5.41, 5.74) is 5.67. The number of nitrogens with two attached hydrogens (primary N) is 1. The first-order valence-electron chi connectivity index (χ1n) is 6.65. The molecule has 3 atom stereocenters. The van der Waals surface area contributed by atoms with Crippen LogP contribution in [0.3, 0.4) is 0 Å². The van der Waals surface area contributed by atoms with Crippen LogP contribution in [0.2, 0.25) is 0 Å². The second kappa shape index (κ2) is 6.97. The summed E-state index contributed by atoms with van der Waals surface area (Å²) in [4.78, 5) is 14.0. The molecule has 0 aromatic carbocycles. The summed E-state index contributed by atoms with van der Waals surface area (Å²) in [6.45, 7) is 5.87. The van der Waals surface area contributed by atoms with E-state index in [9.17, 15) is 4.79 Å². The third-order valence-electron chi connectivity index (χ3n) is 3.99. The molecule has 1 aliphatic heterocycles. The van der Waals surface area contributed by atoms with Crippen LogP contribution in [-0.2, 0) is 9.53 Å². The lowest BCUT2D eigenvalue weighted by Gasteiger charge is -2.41.